The van der Waals surface area contributed by atoms with Gasteiger partial charge in [-0.25, -0.2) is 0 Å². The summed E-state index contributed by atoms with van der Waals surface area (Å²) in [5, 5.41) is 0. The lowest BCUT2D eigenvalue weighted by Gasteiger charge is -2.36. The number of hydrogen-bond donors (Lipinski definition) is 0. The Bertz CT molecular complexity index is 676. The van der Waals surface area contributed by atoms with Crippen LogP contribution in [-0.2, 0) is 6.42 Å². The van der Waals surface area contributed by atoms with Crippen molar-refractivity contribution < 1.29 is 4.74 Å². The van der Waals surface area contributed by atoms with Crippen LogP contribution in [0.25, 0.3) is 0 Å². The first-order valence-electron chi connectivity index (χ1n) is 8.97. The zero-order chi connectivity index (χ0) is 17.2. The highest BCUT2D eigenvalue weighted by Crippen LogP contribution is 2.56. The third-order valence-electron chi connectivity index (χ3n) is 5.74. The Labute approximate surface area is 162 Å². The van der Waals surface area contributed by atoms with Gasteiger partial charge in [0.15, 0.2) is 0 Å². The molecule has 1 fully saturated rings. The molecule has 0 unspecified atom stereocenters. The van der Waals surface area contributed by atoms with E-state index in [1.54, 1.807) is 28.7 Å². The fourth-order valence-electron chi connectivity index (χ4n) is 4.51. The minimum Gasteiger partial charge on any atom is -0.497 e. The van der Waals surface area contributed by atoms with Crippen LogP contribution in [0.15, 0.2) is 45.9 Å². The summed E-state index contributed by atoms with van der Waals surface area (Å²) in [5.41, 5.74) is 6.91. The van der Waals surface area contributed by atoms with Crippen molar-refractivity contribution >= 4 is 30.1 Å². The molecule has 1 nitrogen and oxygen atoms in total. The fraction of sp³-hybridized carbons (Fsp3) is 0.524. The van der Waals surface area contributed by atoms with Gasteiger partial charge in [0.2, 0.25) is 0 Å². The number of methoxy groups -OCH3 is 1. The molecule has 3 heteroatoms. The smallest absolute Gasteiger partial charge is 0.119 e. The zero-order valence-corrected chi connectivity index (χ0v) is 17.9. The molecule has 0 N–H and O–H groups in total. The van der Waals surface area contributed by atoms with Gasteiger partial charge in [0.05, 0.1) is 7.11 Å². The van der Waals surface area contributed by atoms with Crippen molar-refractivity contribution in [1.82, 2.24) is 0 Å². The SMILES string of the molecule is CCC1=C(SI)C[C@]2(C)CCCC2=C1CCc1cccc(OC)c1. The summed E-state index contributed by atoms with van der Waals surface area (Å²) in [7, 11) is 3.70. The van der Waals surface area contributed by atoms with E-state index in [1.807, 2.05) is 15.0 Å². The van der Waals surface area contributed by atoms with Gasteiger partial charge in [-0.1, -0.05) is 40.5 Å². The molecule has 1 aromatic carbocycles. The number of halogens is 1. The number of aryl methyl sites for hydroxylation is 1. The Kier molecular flexibility index (Phi) is 6.02. The molecule has 2 aliphatic rings. The summed E-state index contributed by atoms with van der Waals surface area (Å²) in [6.45, 7) is 4.83. The Balaban J connectivity index is 1.90. The molecule has 3 rings (SSSR count). The van der Waals surface area contributed by atoms with E-state index >= 15 is 0 Å². The number of ether oxygens (including phenoxy) is 1. The Morgan fingerprint density at radius 2 is 2.08 bits per heavy atom. The van der Waals surface area contributed by atoms with Gasteiger partial charge in [-0.05, 0) is 84.1 Å². The highest BCUT2D eigenvalue weighted by atomic mass is 127. The van der Waals surface area contributed by atoms with Crippen LogP contribution in [0, 0.1) is 5.41 Å². The number of hydrogen-bond acceptors (Lipinski definition) is 2. The van der Waals surface area contributed by atoms with Crippen LogP contribution in [0.1, 0.15) is 57.9 Å². The fourth-order valence-corrected chi connectivity index (χ4v) is 6.51. The van der Waals surface area contributed by atoms with E-state index in [4.69, 9.17) is 4.74 Å². The first-order valence-corrected chi connectivity index (χ1v) is 12.3. The van der Waals surface area contributed by atoms with E-state index in [2.05, 4.69) is 53.3 Å². The van der Waals surface area contributed by atoms with E-state index in [9.17, 15) is 0 Å². The predicted octanol–water partition coefficient (Wildman–Crippen LogP) is 7.27. The van der Waals surface area contributed by atoms with Crippen molar-refractivity contribution in [3.63, 3.8) is 0 Å². The van der Waals surface area contributed by atoms with Crippen LogP contribution in [0.4, 0.5) is 0 Å². The number of allylic oxidation sites excluding steroid dienone is 4. The average Bonchev–Trinajstić information content (AvgIpc) is 3.00. The molecule has 130 valence electrons. The Morgan fingerprint density at radius 3 is 2.79 bits per heavy atom. The Morgan fingerprint density at radius 1 is 1.25 bits per heavy atom. The molecule has 0 aromatic heterocycles. The second-order valence-corrected chi connectivity index (χ2v) is 9.20. The standard InChI is InChI=1S/C21H27IOS/c1-4-17-18(11-10-15-7-5-8-16(13-15)23-3)19-9-6-12-21(19,2)14-20(17)24-22/h5,7-8,13H,4,6,9-12,14H2,1-3H3/t21-/m0/s1. The lowest BCUT2D eigenvalue weighted by Crippen LogP contribution is -2.21. The number of fused-ring (bicyclic) bond motifs is 1. The molecular formula is C21H27IOS. The van der Waals surface area contributed by atoms with Crippen molar-refractivity contribution in [2.75, 3.05) is 7.11 Å². The molecule has 0 heterocycles. The van der Waals surface area contributed by atoms with Crippen LogP contribution < -0.4 is 4.74 Å². The molecule has 1 atom stereocenters. The van der Waals surface area contributed by atoms with Crippen molar-refractivity contribution in [2.24, 2.45) is 5.41 Å². The van der Waals surface area contributed by atoms with Crippen LogP contribution >= 0.6 is 30.1 Å². The van der Waals surface area contributed by atoms with Gasteiger partial charge in [-0.15, -0.1) is 0 Å². The summed E-state index contributed by atoms with van der Waals surface area (Å²) < 4.78 is 5.38. The molecule has 1 aromatic rings. The molecule has 24 heavy (non-hydrogen) atoms. The van der Waals surface area contributed by atoms with Gasteiger partial charge in [-0.3, -0.25) is 0 Å². The normalized spacial score (nSPS) is 23.7. The van der Waals surface area contributed by atoms with Crippen molar-refractivity contribution in [3.05, 3.63) is 51.5 Å². The van der Waals surface area contributed by atoms with Gasteiger partial charge < -0.3 is 4.74 Å². The number of rotatable bonds is 6. The van der Waals surface area contributed by atoms with Crippen molar-refractivity contribution in [2.45, 2.75) is 58.8 Å². The zero-order valence-electron chi connectivity index (χ0n) is 15.0. The number of benzene rings is 1. The molecular weight excluding hydrogens is 427 g/mol. The van der Waals surface area contributed by atoms with Gasteiger partial charge in [0.25, 0.3) is 0 Å². The van der Waals surface area contributed by atoms with Gasteiger partial charge in [-0.2, -0.15) is 0 Å². The highest BCUT2D eigenvalue weighted by Gasteiger charge is 2.40. The Hall–Kier alpha value is -0.420. The average molecular weight is 454 g/mol. The lowest BCUT2D eigenvalue weighted by atomic mass is 9.72. The summed E-state index contributed by atoms with van der Waals surface area (Å²) in [6, 6.07) is 8.55. The summed E-state index contributed by atoms with van der Waals surface area (Å²) in [5.74, 6) is 0.967. The van der Waals surface area contributed by atoms with E-state index in [0.717, 1.165) is 12.2 Å². The van der Waals surface area contributed by atoms with Crippen LogP contribution in [-0.4, -0.2) is 7.11 Å². The minimum absolute atomic E-state index is 0.426. The van der Waals surface area contributed by atoms with Crippen molar-refractivity contribution in [1.29, 1.82) is 0 Å². The molecule has 0 radical (unpaired) electrons. The molecule has 0 bridgehead atoms. The van der Waals surface area contributed by atoms with Gasteiger partial charge in [0.1, 0.15) is 5.75 Å². The summed E-state index contributed by atoms with van der Waals surface area (Å²) in [6.07, 6.45) is 8.75. The monoisotopic (exact) mass is 454 g/mol. The van der Waals surface area contributed by atoms with E-state index in [-0.39, 0.29) is 0 Å². The maximum Gasteiger partial charge on any atom is 0.119 e. The second kappa shape index (κ2) is 7.86. The third-order valence-corrected chi connectivity index (χ3v) is 7.92. The topological polar surface area (TPSA) is 9.23 Å². The van der Waals surface area contributed by atoms with Crippen LogP contribution in [0.2, 0.25) is 0 Å². The molecule has 0 amide bonds. The first-order chi connectivity index (χ1) is 11.6. The third kappa shape index (κ3) is 3.57. The quantitative estimate of drug-likeness (QED) is 0.418. The maximum atomic E-state index is 5.38. The predicted molar refractivity (Wildman–Crippen MR) is 114 cm³/mol. The van der Waals surface area contributed by atoms with Crippen LogP contribution in [0.3, 0.4) is 0 Å². The minimum atomic E-state index is 0.426. The molecule has 1 saturated carbocycles. The second-order valence-electron chi connectivity index (χ2n) is 7.23. The largest absolute Gasteiger partial charge is 0.497 e. The summed E-state index contributed by atoms with van der Waals surface area (Å²) >= 11 is 2.48. The highest BCUT2D eigenvalue weighted by molar-refractivity contribution is 14.2. The van der Waals surface area contributed by atoms with E-state index in [1.165, 1.54) is 44.1 Å². The lowest BCUT2D eigenvalue weighted by molar-refractivity contribution is 0.401. The summed E-state index contributed by atoms with van der Waals surface area (Å²) in [4.78, 5) is 1.63. The molecule has 2 aliphatic carbocycles. The van der Waals surface area contributed by atoms with E-state index in [0.29, 0.717) is 5.41 Å². The van der Waals surface area contributed by atoms with E-state index < -0.39 is 0 Å². The van der Waals surface area contributed by atoms with Gasteiger partial charge in [0, 0.05) is 21.2 Å². The van der Waals surface area contributed by atoms with Gasteiger partial charge >= 0.3 is 0 Å². The van der Waals surface area contributed by atoms with Crippen molar-refractivity contribution in [3.8, 4) is 5.75 Å². The first kappa shape index (κ1) is 18.4. The van der Waals surface area contributed by atoms with Crippen LogP contribution in [0.5, 0.6) is 5.75 Å². The molecule has 0 aliphatic heterocycles. The maximum absolute atomic E-state index is 5.38. The molecule has 0 spiro atoms. The molecule has 0 saturated heterocycles.